The molecule has 1 aliphatic heterocycles. The maximum Gasteiger partial charge on any atom is 0.419 e. The number of alkyl halides is 3. The number of pyridine rings is 1. The number of hydrogen-bond acceptors (Lipinski definition) is 4. The lowest BCUT2D eigenvalue weighted by Gasteiger charge is -2.37. The number of nitrogens with zero attached hydrogens (tertiary/aromatic N) is 3. The fourth-order valence-corrected chi connectivity index (χ4v) is 4.41. The van der Waals surface area contributed by atoms with Gasteiger partial charge in [-0.3, -0.25) is 4.79 Å². The molecule has 1 unspecified atom stereocenters. The molecule has 9 heteroatoms. The van der Waals surface area contributed by atoms with Crippen LogP contribution in [0.15, 0.2) is 12.3 Å². The van der Waals surface area contributed by atoms with E-state index in [1.807, 2.05) is 0 Å². The van der Waals surface area contributed by atoms with E-state index in [1.54, 1.807) is 9.80 Å². The maximum atomic E-state index is 14.4. The molecule has 29 heavy (non-hydrogen) atoms. The Morgan fingerprint density at radius 3 is 2.62 bits per heavy atom. The Hall–Kier alpha value is -1.90. The Bertz CT molecular complexity index is 693. The lowest BCUT2D eigenvalue weighted by Crippen LogP contribution is -2.41. The lowest BCUT2D eigenvalue weighted by molar-refractivity contribution is -0.140. The topological polar surface area (TPSA) is 56.7 Å². The van der Waals surface area contributed by atoms with Crippen LogP contribution in [0.5, 0.6) is 0 Å². The van der Waals surface area contributed by atoms with Gasteiger partial charge in [0, 0.05) is 31.9 Å². The number of halogens is 4. The monoisotopic (exact) mass is 417 g/mol. The summed E-state index contributed by atoms with van der Waals surface area (Å²) in [6.07, 6.45) is 2.04. The molecule has 1 N–H and O–H groups in total. The second-order valence-corrected chi connectivity index (χ2v) is 8.04. The fraction of sp³-hybridized carbons (Fsp3) is 0.700. The smallest absolute Gasteiger partial charge is 0.393 e. The molecule has 2 heterocycles. The van der Waals surface area contributed by atoms with Crippen LogP contribution in [0.3, 0.4) is 0 Å². The zero-order chi connectivity index (χ0) is 21.0. The van der Waals surface area contributed by atoms with Crippen LogP contribution in [0.2, 0.25) is 0 Å². The van der Waals surface area contributed by atoms with E-state index in [0.717, 1.165) is 38.3 Å². The Morgan fingerprint density at radius 2 is 1.97 bits per heavy atom. The van der Waals surface area contributed by atoms with Crippen molar-refractivity contribution in [2.45, 2.75) is 63.3 Å². The summed E-state index contributed by atoms with van der Waals surface area (Å²) in [6, 6.07) is 0.779. The molecule has 0 bridgehead atoms. The first-order chi connectivity index (χ1) is 13.8. The molecule has 162 valence electrons. The predicted octanol–water partition coefficient (Wildman–Crippen LogP) is 3.61. The Morgan fingerprint density at radius 1 is 1.24 bits per heavy atom. The summed E-state index contributed by atoms with van der Waals surface area (Å²) in [7, 11) is 0. The van der Waals surface area contributed by atoms with Crippen LogP contribution >= 0.6 is 0 Å². The third-order valence-electron chi connectivity index (χ3n) is 6.06. The summed E-state index contributed by atoms with van der Waals surface area (Å²) in [5.74, 6) is -1.43. The number of aliphatic hydroxyl groups excluding tert-OH is 1. The molecule has 5 nitrogen and oxygen atoms in total. The van der Waals surface area contributed by atoms with E-state index >= 15 is 0 Å². The number of aliphatic hydroxyl groups is 1. The van der Waals surface area contributed by atoms with Crippen LogP contribution in [-0.2, 0) is 11.0 Å². The van der Waals surface area contributed by atoms with Gasteiger partial charge in [-0.25, -0.2) is 9.37 Å². The second-order valence-electron chi connectivity index (χ2n) is 8.04. The zero-order valence-corrected chi connectivity index (χ0v) is 16.2. The van der Waals surface area contributed by atoms with Crippen LogP contribution in [0.25, 0.3) is 0 Å². The number of aromatic nitrogens is 1. The standard InChI is InChI=1S/C20H27F4N3O2/c21-18-17(20(22,23)24)7-9-25-19(18)26-10-1-2-14(12-26)8-11-27(13-28)15-3-5-16(29)6-4-15/h7,9,13-16,29H,1-6,8,10-12H2. The number of carbonyl (C=O) groups excluding carboxylic acids is 1. The summed E-state index contributed by atoms with van der Waals surface area (Å²) in [5.41, 5.74) is -1.30. The van der Waals surface area contributed by atoms with Crippen LogP contribution in [-0.4, -0.2) is 53.2 Å². The van der Waals surface area contributed by atoms with Gasteiger partial charge in [-0.1, -0.05) is 0 Å². The molecule has 2 aliphatic rings. The van der Waals surface area contributed by atoms with Gasteiger partial charge in [-0.05, 0) is 56.9 Å². The molecule has 3 rings (SSSR count). The first kappa shape index (κ1) is 21.8. The van der Waals surface area contributed by atoms with E-state index in [4.69, 9.17) is 0 Å². The quantitative estimate of drug-likeness (QED) is 0.568. The van der Waals surface area contributed by atoms with Crippen molar-refractivity contribution in [3.8, 4) is 0 Å². The fourth-order valence-electron chi connectivity index (χ4n) is 4.41. The van der Waals surface area contributed by atoms with Crippen LogP contribution in [0, 0.1) is 11.7 Å². The van der Waals surface area contributed by atoms with Crippen molar-refractivity contribution in [1.82, 2.24) is 9.88 Å². The van der Waals surface area contributed by atoms with Gasteiger partial charge in [0.2, 0.25) is 6.41 Å². The number of anilines is 1. The summed E-state index contributed by atoms with van der Waals surface area (Å²) in [4.78, 5) is 18.7. The van der Waals surface area contributed by atoms with Crippen molar-refractivity contribution in [1.29, 1.82) is 0 Å². The zero-order valence-electron chi connectivity index (χ0n) is 16.2. The van der Waals surface area contributed by atoms with Crippen molar-refractivity contribution in [2.24, 2.45) is 5.92 Å². The molecule has 0 radical (unpaired) electrons. The van der Waals surface area contributed by atoms with E-state index < -0.39 is 17.6 Å². The number of carbonyl (C=O) groups is 1. The molecule has 1 amide bonds. The molecule has 0 spiro atoms. The van der Waals surface area contributed by atoms with Crippen molar-refractivity contribution >= 4 is 12.2 Å². The largest absolute Gasteiger partial charge is 0.419 e. The van der Waals surface area contributed by atoms with Gasteiger partial charge in [0.1, 0.15) is 0 Å². The SMILES string of the molecule is O=CN(CCC1CCCN(c2nccc(C(F)(F)F)c2F)C1)C1CCC(O)CC1. The third kappa shape index (κ3) is 5.38. The molecule has 1 saturated heterocycles. The van der Waals surface area contributed by atoms with Gasteiger partial charge < -0.3 is 14.9 Å². The van der Waals surface area contributed by atoms with Crippen LogP contribution in [0.1, 0.15) is 50.5 Å². The van der Waals surface area contributed by atoms with Gasteiger partial charge in [0.15, 0.2) is 11.6 Å². The average Bonchev–Trinajstić information content (AvgIpc) is 2.69. The van der Waals surface area contributed by atoms with E-state index in [-0.39, 0.29) is 23.9 Å². The number of piperidine rings is 1. The van der Waals surface area contributed by atoms with Gasteiger partial charge in [0.05, 0.1) is 11.7 Å². The summed E-state index contributed by atoms with van der Waals surface area (Å²) in [6.45, 7) is 1.43. The van der Waals surface area contributed by atoms with Crippen molar-refractivity contribution in [3.05, 3.63) is 23.6 Å². The lowest BCUT2D eigenvalue weighted by atomic mass is 9.91. The number of rotatable bonds is 6. The van der Waals surface area contributed by atoms with E-state index in [0.29, 0.717) is 45.0 Å². The minimum Gasteiger partial charge on any atom is -0.393 e. The predicted molar refractivity (Wildman–Crippen MR) is 99.8 cm³/mol. The Balaban J connectivity index is 1.60. The van der Waals surface area contributed by atoms with Crippen molar-refractivity contribution in [3.63, 3.8) is 0 Å². The van der Waals surface area contributed by atoms with E-state index in [1.165, 1.54) is 0 Å². The summed E-state index contributed by atoms with van der Waals surface area (Å²) in [5, 5.41) is 9.63. The highest BCUT2D eigenvalue weighted by molar-refractivity contribution is 5.48. The van der Waals surface area contributed by atoms with E-state index in [2.05, 4.69) is 4.98 Å². The molecule has 0 aromatic carbocycles. The third-order valence-corrected chi connectivity index (χ3v) is 6.06. The highest BCUT2D eigenvalue weighted by atomic mass is 19.4. The summed E-state index contributed by atoms with van der Waals surface area (Å²) >= 11 is 0. The first-order valence-electron chi connectivity index (χ1n) is 10.2. The van der Waals surface area contributed by atoms with E-state index in [9.17, 15) is 27.5 Å². The molecule has 1 aliphatic carbocycles. The highest BCUT2D eigenvalue weighted by Crippen LogP contribution is 2.35. The molecule has 1 saturated carbocycles. The Kier molecular flexibility index (Phi) is 6.97. The molecular formula is C20H27F4N3O2. The van der Waals surface area contributed by atoms with Crippen LogP contribution < -0.4 is 4.90 Å². The number of amides is 1. The van der Waals surface area contributed by atoms with Gasteiger partial charge in [-0.2, -0.15) is 13.2 Å². The van der Waals surface area contributed by atoms with Gasteiger partial charge in [0.25, 0.3) is 0 Å². The Labute approximate surface area is 167 Å². The first-order valence-corrected chi connectivity index (χ1v) is 10.2. The van der Waals surface area contributed by atoms with Crippen molar-refractivity contribution in [2.75, 3.05) is 24.5 Å². The molecule has 2 fully saturated rings. The van der Waals surface area contributed by atoms with Crippen molar-refractivity contribution < 1.29 is 27.5 Å². The second kappa shape index (κ2) is 9.28. The van der Waals surface area contributed by atoms with Gasteiger partial charge >= 0.3 is 6.18 Å². The average molecular weight is 417 g/mol. The van der Waals surface area contributed by atoms with Gasteiger partial charge in [-0.15, -0.1) is 0 Å². The molecule has 1 atom stereocenters. The molecular weight excluding hydrogens is 390 g/mol. The summed E-state index contributed by atoms with van der Waals surface area (Å²) < 4.78 is 53.4. The van der Waals surface area contributed by atoms with Crippen LogP contribution in [0.4, 0.5) is 23.4 Å². The maximum absolute atomic E-state index is 14.4. The normalized spacial score (nSPS) is 25.7. The molecule has 1 aromatic heterocycles. The molecule has 1 aromatic rings. The minimum absolute atomic E-state index is 0.123. The minimum atomic E-state index is -4.75. The number of hydrogen-bond donors (Lipinski definition) is 1. The highest BCUT2D eigenvalue weighted by Gasteiger charge is 2.36.